The third-order valence-electron chi connectivity index (χ3n) is 2.94. The Bertz CT molecular complexity index is 488. The van der Waals surface area contributed by atoms with E-state index in [9.17, 15) is 9.59 Å². The highest BCUT2D eigenvalue weighted by Gasteiger charge is 2.17. The monoisotopic (exact) mass is 264 g/mol. The minimum Gasteiger partial charge on any atom is -0.399 e. The second-order valence-corrected chi connectivity index (χ2v) is 4.54. The Balaban J connectivity index is 2.98. The highest BCUT2D eigenvalue weighted by Crippen LogP contribution is 2.23. The number of nitrogens with two attached hydrogens (primary N) is 2. The van der Waals surface area contributed by atoms with Gasteiger partial charge in [-0.05, 0) is 18.2 Å². The Morgan fingerprint density at radius 1 is 1.42 bits per heavy atom. The van der Waals surface area contributed by atoms with Crippen LogP contribution in [0, 0.1) is 5.92 Å². The lowest BCUT2D eigenvalue weighted by Crippen LogP contribution is -2.35. The summed E-state index contributed by atoms with van der Waals surface area (Å²) in [6.07, 6.45) is 0. The number of nitrogen functional groups attached to an aromatic ring is 1. The minimum atomic E-state index is -0.519. The van der Waals surface area contributed by atoms with Crippen LogP contribution in [-0.2, 0) is 4.79 Å². The first-order valence-electron chi connectivity index (χ1n) is 5.98. The molecule has 1 rings (SSSR count). The number of nitrogens with zero attached hydrogens (tertiary/aromatic N) is 1. The number of hydrogen-bond donors (Lipinski definition) is 3. The average Bonchev–Trinajstić information content (AvgIpc) is 2.36. The Kier molecular flexibility index (Phi) is 4.74. The summed E-state index contributed by atoms with van der Waals surface area (Å²) in [4.78, 5) is 24.7. The topological polar surface area (TPSA) is 101 Å². The summed E-state index contributed by atoms with van der Waals surface area (Å²) < 4.78 is 0. The zero-order valence-corrected chi connectivity index (χ0v) is 11.4. The molecule has 6 heteroatoms. The molecule has 0 saturated carbocycles. The summed E-state index contributed by atoms with van der Waals surface area (Å²) in [5.74, 6) is -0.789. The quantitative estimate of drug-likeness (QED) is 0.660. The molecule has 1 aromatic carbocycles. The van der Waals surface area contributed by atoms with Crippen molar-refractivity contribution in [2.45, 2.75) is 6.92 Å². The molecule has 0 fully saturated rings. The molecule has 0 aliphatic carbocycles. The van der Waals surface area contributed by atoms with Crippen LogP contribution >= 0.6 is 0 Å². The summed E-state index contributed by atoms with van der Waals surface area (Å²) in [5, 5.41) is 2.59. The van der Waals surface area contributed by atoms with E-state index in [1.54, 1.807) is 37.2 Å². The molecule has 19 heavy (non-hydrogen) atoms. The van der Waals surface area contributed by atoms with Gasteiger partial charge in [-0.3, -0.25) is 9.59 Å². The van der Waals surface area contributed by atoms with Crippen molar-refractivity contribution in [1.29, 1.82) is 0 Å². The van der Waals surface area contributed by atoms with Crippen LogP contribution in [0.3, 0.4) is 0 Å². The van der Waals surface area contributed by atoms with Crippen LogP contribution in [0.25, 0.3) is 0 Å². The van der Waals surface area contributed by atoms with E-state index < -0.39 is 5.91 Å². The predicted molar refractivity (Wildman–Crippen MR) is 75.9 cm³/mol. The number of benzene rings is 1. The molecule has 5 N–H and O–H groups in total. The third kappa shape index (κ3) is 3.61. The van der Waals surface area contributed by atoms with Crippen LogP contribution < -0.4 is 21.7 Å². The van der Waals surface area contributed by atoms with Gasteiger partial charge in [0, 0.05) is 26.3 Å². The van der Waals surface area contributed by atoms with Crippen molar-refractivity contribution in [3.63, 3.8) is 0 Å². The second-order valence-electron chi connectivity index (χ2n) is 4.54. The van der Waals surface area contributed by atoms with Gasteiger partial charge < -0.3 is 21.7 Å². The van der Waals surface area contributed by atoms with E-state index in [0.717, 1.165) is 0 Å². The molecule has 0 aromatic heterocycles. The van der Waals surface area contributed by atoms with E-state index in [2.05, 4.69) is 5.32 Å². The molecule has 1 aromatic rings. The van der Waals surface area contributed by atoms with Gasteiger partial charge in [0.15, 0.2) is 0 Å². The van der Waals surface area contributed by atoms with E-state index in [1.165, 1.54) is 0 Å². The van der Waals surface area contributed by atoms with Gasteiger partial charge >= 0.3 is 0 Å². The normalized spacial score (nSPS) is 11.7. The smallest absolute Gasteiger partial charge is 0.250 e. The third-order valence-corrected chi connectivity index (χ3v) is 2.94. The number of amides is 2. The van der Waals surface area contributed by atoms with Gasteiger partial charge in [-0.1, -0.05) is 6.92 Å². The second kappa shape index (κ2) is 6.08. The molecule has 0 radical (unpaired) electrons. The summed E-state index contributed by atoms with van der Waals surface area (Å²) in [7, 11) is 3.38. The van der Waals surface area contributed by atoms with Crippen molar-refractivity contribution >= 4 is 23.2 Å². The summed E-state index contributed by atoms with van der Waals surface area (Å²) in [6.45, 7) is 2.27. The van der Waals surface area contributed by atoms with E-state index in [1.807, 2.05) is 6.92 Å². The van der Waals surface area contributed by atoms with Crippen molar-refractivity contribution in [3.05, 3.63) is 23.8 Å². The molecular formula is C13H20N4O2. The minimum absolute atomic E-state index is 0.0589. The van der Waals surface area contributed by atoms with Gasteiger partial charge in [0.2, 0.25) is 5.91 Å². The first-order chi connectivity index (χ1) is 8.86. The van der Waals surface area contributed by atoms with Crippen molar-refractivity contribution in [3.8, 4) is 0 Å². The number of nitrogens with one attached hydrogen (secondary N) is 1. The zero-order valence-electron chi connectivity index (χ0n) is 11.4. The summed E-state index contributed by atoms with van der Waals surface area (Å²) in [5.41, 5.74) is 12.6. The standard InChI is InChI=1S/C13H20N4O2/c1-8(13(19)16-2)7-17(3)11-6-9(14)4-5-10(11)12(15)18/h4-6,8H,7,14H2,1-3H3,(H2,15,18)(H,16,19). The Labute approximate surface area is 112 Å². The highest BCUT2D eigenvalue weighted by molar-refractivity contribution is 5.99. The number of primary amides is 1. The van der Waals surface area contributed by atoms with Crippen molar-refractivity contribution in [2.75, 3.05) is 31.3 Å². The number of rotatable bonds is 5. The van der Waals surface area contributed by atoms with Crippen LogP contribution in [-0.4, -0.2) is 32.5 Å². The molecule has 0 aliphatic heterocycles. The molecule has 1 atom stereocenters. The fraction of sp³-hybridized carbons (Fsp3) is 0.385. The SMILES string of the molecule is CNC(=O)C(C)CN(C)c1cc(N)ccc1C(N)=O. The molecule has 0 saturated heterocycles. The molecule has 2 amide bonds. The van der Waals surface area contributed by atoms with Crippen LogP contribution in [0.5, 0.6) is 0 Å². The van der Waals surface area contributed by atoms with Crippen molar-refractivity contribution < 1.29 is 9.59 Å². The summed E-state index contributed by atoms with van der Waals surface area (Å²) >= 11 is 0. The maximum atomic E-state index is 11.5. The molecule has 1 unspecified atom stereocenters. The molecule has 6 nitrogen and oxygen atoms in total. The number of carbonyl (C=O) groups is 2. The average molecular weight is 264 g/mol. The van der Waals surface area contributed by atoms with E-state index >= 15 is 0 Å². The van der Waals surface area contributed by atoms with E-state index in [4.69, 9.17) is 11.5 Å². The lowest BCUT2D eigenvalue weighted by atomic mass is 10.1. The van der Waals surface area contributed by atoms with Crippen LogP contribution in [0.2, 0.25) is 0 Å². The Morgan fingerprint density at radius 2 is 2.05 bits per heavy atom. The lowest BCUT2D eigenvalue weighted by Gasteiger charge is -2.24. The number of hydrogen-bond acceptors (Lipinski definition) is 4. The lowest BCUT2D eigenvalue weighted by molar-refractivity contribution is -0.123. The van der Waals surface area contributed by atoms with Gasteiger partial charge in [0.25, 0.3) is 5.91 Å². The molecule has 0 spiro atoms. The number of carbonyl (C=O) groups excluding carboxylic acids is 2. The maximum Gasteiger partial charge on any atom is 0.250 e. The van der Waals surface area contributed by atoms with E-state index in [0.29, 0.717) is 23.5 Å². The molecule has 0 heterocycles. The van der Waals surface area contributed by atoms with Gasteiger partial charge in [-0.2, -0.15) is 0 Å². The van der Waals surface area contributed by atoms with Crippen LogP contribution in [0.1, 0.15) is 17.3 Å². The number of anilines is 2. The first kappa shape index (κ1) is 14.8. The summed E-state index contributed by atoms with van der Waals surface area (Å²) in [6, 6.07) is 4.89. The molecular weight excluding hydrogens is 244 g/mol. The molecule has 0 bridgehead atoms. The van der Waals surface area contributed by atoms with Crippen molar-refractivity contribution in [1.82, 2.24) is 5.32 Å². The van der Waals surface area contributed by atoms with Gasteiger partial charge in [-0.15, -0.1) is 0 Å². The van der Waals surface area contributed by atoms with Crippen LogP contribution in [0.15, 0.2) is 18.2 Å². The highest BCUT2D eigenvalue weighted by atomic mass is 16.2. The predicted octanol–water partition coefficient (Wildman–Crippen LogP) is 0.186. The van der Waals surface area contributed by atoms with Gasteiger partial charge in [0.05, 0.1) is 17.2 Å². The fourth-order valence-electron chi connectivity index (χ4n) is 1.91. The van der Waals surface area contributed by atoms with Gasteiger partial charge in [-0.25, -0.2) is 0 Å². The Hall–Kier alpha value is -2.24. The van der Waals surface area contributed by atoms with E-state index in [-0.39, 0.29) is 11.8 Å². The molecule has 104 valence electrons. The maximum absolute atomic E-state index is 11.5. The zero-order chi connectivity index (χ0) is 14.6. The van der Waals surface area contributed by atoms with Crippen molar-refractivity contribution in [2.24, 2.45) is 11.7 Å². The Morgan fingerprint density at radius 3 is 2.58 bits per heavy atom. The fourth-order valence-corrected chi connectivity index (χ4v) is 1.91. The van der Waals surface area contributed by atoms with Gasteiger partial charge in [0.1, 0.15) is 0 Å². The molecule has 0 aliphatic rings. The largest absolute Gasteiger partial charge is 0.399 e. The first-order valence-corrected chi connectivity index (χ1v) is 5.98. The van der Waals surface area contributed by atoms with Crippen LogP contribution in [0.4, 0.5) is 11.4 Å².